The molecule has 0 aromatic heterocycles. The summed E-state index contributed by atoms with van der Waals surface area (Å²) in [7, 11) is -3.80. The third-order valence-electron chi connectivity index (χ3n) is 4.18. The van der Waals surface area contributed by atoms with Gasteiger partial charge in [0.05, 0.1) is 10.9 Å². The number of hydrogen-bond donors (Lipinski definition) is 1. The zero-order valence-electron chi connectivity index (χ0n) is 15.0. The largest absolute Gasteiger partial charge is 0.435 e. The van der Waals surface area contributed by atoms with Gasteiger partial charge in [0.1, 0.15) is 5.75 Å². The number of benzene rings is 3. The summed E-state index contributed by atoms with van der Waals surface area (Å²) in [4.78, 5) is 0.150. The second kappa shape index (κ2) is 8.50. The van der Waals surface area contributed by atoms with Crippen LogP contribution in [-0.2, 0) is 10.0 Å². The van der Waals surface area contributed by atoms with Crippen LogP contribution < -0.4 is 9.46 Å². The van der Waals surface area contributed by atoms with Crippen molar-refractivity contribution in [2.75, 3.05) is 0 Å². The van der Waals surface area contributed by atoms with Crippen molar-refractivity contribution in [3.63, 3.8) is 0 Å². The molecule has 0 saturated heterocycles. The van der Waals surface area contributed by atoms with E-state index in [1.54, 1.807) is 60.7 Å². The molecule has 0 spiro atoms. The molecule has 0 fully saturated rings. The molecule has 1 atom stereocenters. The summed E-state index contributed by atoms with van der Waals surface area (Å²) in [5.41, 5.74) is 2.28. The Balaban J connectivity index is 1.95. The molecule has 1 unspecified atom stereocenters. The van der Waals surface area contributed by atoms with Crippen LogP contribution in [0.25, 0.3) is 0 Å². The van der Waals surface area contributed by atoms with Crippen molar-refractivity contribution in [3.05, 3.63) is 95.6 Å². The zero-order chi connectivity index (χ0) is 20.1. The second-order valence-corrected chi connectivity index (χ2v) is 7.94. The average molecular weight is 403 g/mol. The zero-order valence-corrected chi connectivity index (χ0v) is 15.9. The van der Waals surface area contributed by atoms with Crippen molar-refractivity contribution in [2.24, 2.45) is 0 Å². The van der Waals surface area contributed by atoms with Gasteiger partial charge in [0.25, 0.3) is 0 Å². The summed E-state index contributed by atoms with van der Waals surface area (Å²) >= 11 is 0. The standard InChI is InChI=1S/C21H19F2NO3S/c1-15-7-13-19(14-8-15)28(25,26)24-20(16-5-3-2-4-6-16)17-9-11-18(12-10-17)27-21(22)23/h2-14,20-21,24H,1H3. The minimum absolute atomic E-state index is 0.00644. The van der Waals surface area contributed by atoms with Gasteiger partial charge in [-0.05, 0) is 42.3 Å². The second-order valence-electron chi connectivity index (χ2n) is 6.23. The van der Waals surface area contributed by atoms with Crippen LogP contribution in [0.3, 0.4) is 0 Å². The highest BCUT2D eigenvalue weighted by Crippen LogP contribution is 2.27. The van der Waals surface area contributed by atoms with Gasteiger partial charge in [-0.3, -0.25) is 0 Å². The smallest absolute Gasteiger partial charge is 0.387 e. The molecular weight excluding hydrogens is 384 g/mol. The molecule has 0 bridgehead atoms. The van der Waals surface area contributed by atoms with Crippen LogP contribution >= 0.6 is 0 Å². The van der Waals surface area contributed by atoms with E-state index in [1.807, 2.05) is 13.0 Å². The van der Waals surface area contributed by atoms with Crippen LogP contribution in [0.2, 0.25) is 0 Å². The first-order valence-electron chi connectivity index (χ1n) is 8.54. The molecule has 7 heteroatoms. The summed E-state index contributed by atoms with van der Waals surface area (Å²) in [5, 5.41) is 0. The fourth-order valence-electron chi connectivity index (χ4n) is 2.76. The van der Waals surface area contributed by atoms with E-state index >= 15 is 0 Å². The molecule has 0 radical (unpaired) electrons. The molecule has 0 aliphatic carbocycles. The van der Waals surface area contributed by atoms with E-state index < -0.39 is 22.7 Å². The van der Waals surface area contributed by atoms with Gasteiger partial charge in [0.2, 0.25) is 10.0 Å². The molecule has 3 rings (SSSR count). The minimum atomic E-state index is -3.80. The van der Waals surface area contributed by atoms with E-state index in [4.69, 9.17) is 0 Å². The lowest BCUT2D eigenvalue weighted by Crippen LogP contribution is -2.29. The Bertz CT molecular complexity index is 1010. The first-order valence-corrected chi connectivity index (χ1v) is 10.0. The Morgan fingerprint density at radius 2 is 1.39 bits per heavy atom. The normalized spacial score (nSPS) is 12.7. The SMILES string of the molecule is Cc1ccc(S(=O)(=O)NC(c2ccccc2)c2ccc(OC(F)F)cc2)cc1. The fourth-order valence-corrected chi connectivity index (χ4v) is 3.97. The van der Waals surface area contributed by atoms with Crippen LogP contribution in [0.4, 0.5) is 8.78 Å². The molecule has 3 aromatic rings. The molecular formula is C21H19F2NO3S. The van der Waals surface area contributed by atoms with Crippen LogP contribution in [0, 0.1) is 6.92 Å². The molecule has 1 N–H and O–H groups in total. The molecule has 28 heavy (non-hydrogen) atoms. The van der Waals surface area contributed by atoms with Gasteiger partial charge in [-0.1, -0.05) is 60.2 Å². The van der Waals surface area contributed by atoms with Gasteiger partial charge >= 0.3 is 6.61 Å². The molecule has 0 aliphatic heterocycles. The number of halogens is 2. The monoisotopic (exact) mass is 403 g/mol. The van der Waals surface area contributed by atoms with E-state index in [1.165, 1.54) is 12.1 Å². The molecule has 0 aliphatic rings. The van der Waals surface area contributed by atoms with Crippen molar-refractivity contribution >= 4 is 10.0 Å². The molecule has 146 valence electrons. The van der Waals surface area contributed by atoms with Gasteiger partial charge in [0.15, 0.2) is 0 Å². The first-order chi connectivity index (χ1) is 13.3. The van der Waals surface area contributed by atoms with E-state index in [-0.39, 0.29) is 10.6 Å². The summed E-state index contributed by atoms with van der Waals surface area (Å²) in [6.07, 6.45) is 0. The van der Waals surface area contributed by atoms with Crippen LogP contribution in [-0.4, -0.2) is 15.0 Å². The Labute approximate surface area is 162 Å². The van der Waals surface area contributed by atoms with Crippen molar-refractivity contribution in [1.29, 1.82) is 0 Å². The summed E-state index contributed by atoms with van der Waals surface area (Å²) in [6, 6.07) is 20.8. The van der Waals surface area contributed by atoms with Crippen LogP contribution in [0.15, 0.2) is 83.8 Å². The predicted molar refractivity (Wildman–Crippen MR) is 103 cm³/mol. The Morgan fingerprint density at radius 1 is 0.821 bits per heavy atom. The lowest BCUT2D eigenvalue weighted by Gasteiger charge is -2.20. The van der Waals surface area contributed by atoms with Crippen molar-refractivity contribution in [1.82, 2.24) is 4.72 Å². The maximum atomic E-state index is 12.9. The van der Waals surface area contributed by atoms with Gasteiger partial charge in [-0.25, -0.2) is 8.42 Å². The maximum Gasteiger partial charge on any atom is 0.387 e. The Morgan fingerprint density at radius 3 is 1.96 bits per heavy atom. The summed E-state index contributed by atoms with van der Waals surface area (Å²) in [6.45, 7) is -1.05. The Hall–Kier alpha value is -2.77. The van der Waals surface area contributed by atoms with E-state index in [0.717, 1.165) is 11.1 Å². The molecule has 4 nitrogen and oxygen atoms in total. The number of nitrogens with one attached hydrogen (secondary N) is 1. The van der Waals surface area contributed by atoms with Crippen LogP contribution in [0.5, 0.6) is 5.75 Å². The quantitative estimate of drug-likeness (QED) is 0.624. The Kier molecular flexibility index (Phi) is 6.06. The highest BCUT2D eigenvalue weighted by atomic mass is 32.2. The average Bonchev–Trinajstić information content (AvgIpc) is 2.67. The van der Waals surface area contributed by atoms with Gasteiger partial charge < -0.3 is 4.74 Å². The first kappa shape index (κ1) is 20.0. The van der Waals surface area contributed by atoms with E-state index in [0.29, 0.717) is 5.56 Å². The van der Waals surface area contributed by atoms with Crippen molar-refractivity contribution in [2.45, 2.75) is 24.5 Å². The summed E-state index contributed by atoms with van der Waals surface area (Å²) in [5.74, 6) is 0.00644. The number of aryl methyl sites for hydroxylation is 1. The van der Waals surface area contributed by atoms with Gasteiger partial charge in [0, 0.05) is 0 Å². The third-order valence-corrected chi connectivity index (χ3v) is 5.61. The van der Waals surface area contributed by atoms with E-state index in [9.17, 15) is 17.2 Å². The predicted octanol–water partition coefficient (Wildman–Crippen LogP) is 4.66. The van der Waals surface area contributed by atoms with Crippen molar-refractivity contribution in [3.8, 4) is 5.75 Å². The lowest BCUT2D eigenvalue weighted by molar-refractivity contribution is -0.0498. The lowest BCUT2D eigenvalue weighted by atomic mass is 10.00. The maximum absolute atomic E-state index is 12.9. The fraction of sp³-hybridized carbons (Fsp3) is 0.143. The molecule has 0 amide bonds. The number of hydrogen-bond acceptors (Lipinski definition) is 3. The summed E-state index contributed by atoms with van der Waals surface area (Å²) < 4.78 is 57.6. The molecule has 0 heterocycles. The van der Waals surface area contributed by atoms with E-state index in [2.05, 4.69) is 9.46 Å². The highest BCUT2D eigenvalue weighted by molar-refractivity contribution is 7.89. The third kappa shape index (κ3) is 4.94. The van der Waals surface area contributed by atoms with Gasteiger partial charge in [-0.2, -0.15) is 13.5 Å². The number of sulfonamides is 1. The molecule has 0 saturated carbocycles. The topological polar surface area (TPSA) is 55.4 Å². The number of alkyl halides is 2. The number of rotatable bonds is 7. The van der Waals surface area contributed by atoms with Gasteiger partial charge in [-0.15, -0.1) is 0 Å². The minimum Gasteiger partial charge on any atom is -0.435 e. The number of ether oxygens (including phenoxy) is 1. The van der Waals surface area contributed by atoms with Crippen LogP contribution in [0.1, 0.15) is 22.7 Å². The molecule has 3 aromatic carbocycles. The van der Waals surface area contributed by atoms with Crippen molar-refractivity contribution < 1.29 is 21.9 Å². The highest BCUT2D eigenvalue weighted by Gasteiger charge is 2.23.